The van der Waals surface area contributed by atoms with Crippen molar-refractivity contribution < 1.29 is 0 Å². The number of thiophene rings is 1. The predicted octanol–water partition coefficient (Wildman–Crippen LogP) is 4.07. The molecule has 2 heterocycles. The zero-order valence-electron chi connectivity index (χ0n) is 13.6. The Hall–Kier alpha value is -1.58. The van der Waals surface area contributed by atoms with E-state index in [1.165, 1.54) is 4.88 Å². The van der Waals surface area contributed by atoms with Crippen molar-refractivity contribution in [3.63, 3.8) is 0 Å². The van der Waals surface area contributed by atoms with Crippen molar-refractivity contribution in [1.82, 2.24) is 20.4 Å². The quantitative estimate of drug-likeness (QED) is 0.324. The summed E-state index contributed by atoms with van der Waals surface area (Å²) in [4.78, 5) is 5.51. The van der Waals surface area contributed by atoms with Crippen molar-refractivity contribution in [2.24, 2.45) is 4.99 Å². The van der Waals surface area contributed by atoms with Crippen LogP contribution in [0.2, 0.25) is 5.02 Å². The summed E-state index contributed by atoms with van der Waals surface area (Å²) in [7, 11) is 1.76. The second-order valence-corrected chi connectivity index (χ2v) is 6.60. The van der Waals surface area contributed by atoms with Gasteiger partial charge in [-0.3, -0.25) is 4.99 Å². The molecule has 3 aromatic rings. The van der Waals surface area contributed by atoms with Crippen LogP contribution < -0.4 is 10.6 Å². The van der Waals surface area contributed by atoms with Gasteiger partial charge in [0.15, 0.2) is 5.96 Å². The normalized spacial score (nSPS) is 11.0. The van der Waals surface area contributed by atoms with Crippen molar-refractivity contribution >= 4 is 52.9 Å². The summed E-state index contributed by atoms with van der Waals surface area (Å²) in [5.41, 5.74) is 2.05. The Labute approximate surface area is 173 Å². The summed E-state index contributed by atoms with van der Waals surface area (Å²) < 4.78 is 1.83. The first-order valence-electron chi connectivity index (χ1n) is 7.51. The lowest BCUT2D eigenvalue weighted by Gasteiger charge is -2.10. The van der Waals surface area contributed by atoms with Crippen LogP contribution in [-0.2, 0) is 13.1 Å². The highest BCUT2D eigenvalue weighted by Crippen LogP contribution is 2.13. The Morgan fingerprint density at radius 2 is 1.96 bits per heavy atom. The molecule has 0 unspecified atom stereocenters. The second-order valence-electron chi connectivity index (χ2n) is 5.13. The van der Waals surface area contributed by atoms with Gasteiger partial charge in [0.05, 0.1) is 18.4 Å². The minimum Gasteiger partial charge on any atom is -0.352 e. The summed E-state index contributed by atoms with van der Waals surface area (Å²) in [6.45, 7) is 1.42. The molecular formula is C17H19ClIN5S. The van der Waals surface area contributed by atoms with Gasteiger partial charge >= 0.3 is 0 Å². The van der Waals surface area contributed by atoms with E-state index in [4.69, 9.17) is 11.6 Å². The molecule has 2 aromatic heterocycles. The summed E-state index contributed by atoms with van der Waals surface area (Å²) in [6.07, 6.45) is 3.83. The molecule has 0 aliphatic carbocycles. The molecule has 0 aliphatic heterocycles. The van der Waals surface area contributed by atoms with Gasteiger partial charge in [-0.15, -0.1) is 35.3 Å². The van der Waals surface area contributed by atoms with Gasteiger partial charge < -0.3 is 10.6 Å². The Morgan fingerprint density at radius 1 is 1.20 bits per heavy atom. The van der Waals surface area contributed by atoms with Crippen LogP contribution >= 0.6 is 46.9 Å². The van der Waals surface area contributed by atoms with Gasteiger partial charge in [-0.1, -0.05) is 17.7 Å². The molecule has 3 rings (SSSR count). The van der Waals surface area contributed by atoms with Crippen LogP contribution in [0.5, 0.6) is 0 Å². The zero-order valence-corrected chi connectivity index (χ0v) is 17.5. The van der Waals surface area contributed by atoms with Crippen LogP contribution in [0, 0.1) is 0 Å². The molecule has 0 atom stereocenters. The summed E-state index contributed by atoms with van der Waals surface area (Å²) >= 11 is 7.64. The molecule has 2 N–H and O–H groups in total. The molecule has 0 saturated carbocycles. The van der Waals surface area contributed by atoms with Crippen LogP contribution in [0.15, 0.2) is 59.2 Å². The fourth-order valence-electron chi connectivity index (χ4n) is 2.18. The van der Waals surface area contributed by atoms with Crippen molar-refractivity contribution in [3.05, 3.63) is 69.6 Å². The Bertz CT molecular complexity index is 799. The van der Waals surface area contributed by atoms with Crippen LogP contribution in [0.3, 0.4) is 0 Å². The fraction of sp³-hybridized carbons (Fsp3) is 0.176. The van der Waals surface area contributed by atoms with Crippen LogP contribution in [0.1, 0.15) is 10.4 Å². The highest BCUT2D eigenvalue weighted by atomic mass is 127. The van der Waals surface area contributed by atoms with Crippen molar-refractivity contribution in [2.45, 2.75) is 13.1 Å². The van der Waals surface area contributed by atoms with Crippen LogP contribution in [0.25, 0.3) is 5.69 Å². The van der Waals surface area contributed by atoms with Gasteiger partial charge in [0.1, 0.15) is 0 Å². The molecule has 0 fully saturated rings. The molecule has 1 aromatic carbocycles. The number of rotatable bonds is 5. The number of hydrogen-bond acceptors (Lipinski definition) is 3. The van der Waals surface area contributed by atoms with E-state index in [0.29, 0.717) is 11.6 Å². The Kier molecular flexibility index (Phi) is 7.73. The van der Waals surface area contributed by atoms with Gasteiger partial charge in [0, 0.05) is 35.3 Å². The second kappa shape index (κ2) is 9.79. The summed E-state index contributed by atoms with van der Waals surface area (Å²) in [5, 5.41) is 13.8. The van der Waals surface area contributed by atoms with Crippen molar-refractivity contribution in [3.8, 4) is 5.69 Å². The molecule has 0 spiro atoms. The topological polar surface area (TPSA) is 54.2 Å². The molecule has 8 heteroatoms. The number of guanidine groups is 1. The van der Waals surface area contributed by atoms with Crippen molar-refractivity contribution in [1.29, 1.82) is 0 Å². The predicted molar refractivity (Wildman–Crippen MR) is 115 cm³/mol. The molecule has 0 aliphatic rings. The van der Waals surface area contributed by atoms with E-state index >= 15 is 0 Å². The number of nitrogens with zero attached hydrogens (tertiary/aromatic N) is 3. The molecular weight excluding hydrogens is 469 g/mol. The molecule has 0 bridgehead atoms. The zero-order chi connectivity index (χ0) is 16.8. The molecule has 0 saturated heterocycles. The lowest BCUT2D eigenvalue weighted by molar-refractivity contribution is 0.814. The molecule has 25 heavy (non-hydrogen) atoms. The van der Waals surface area contributed by atoms with E-state index in [2.05, 4.69) is 32.2 Å². The Balaban J connectivity index is 0.00000225. The summed E-state index contributed by atoms with van der Waals surface area (Å²) in [6, 6.07) is 11.7. The average molecular weight is 488 g/mol. The molecule has 132 valence electrons. The van der Waals surface area contributed by atoms with E-state index in [0.717, 1.165) is 23.8 Å². The molecule has 0 radical (unpaired) electrons. The maximum atomic E-state index is 5.91. The first-order valence-corrected chi connectivity index (χ1v) is 8.77. The minimum atomic E-state index is 0. The summed E-state index contributed by atoms with van der Waals surface area (Å²) in [5.74, 6) is 0.766. The number of hydrogen-bond donors (Lipinski definition) is 2. The molecule has 0 amide bonds. The van der Waals surface area contributed by atoms with E-state index in [9.17, 15) is 0 Å². The largest absolute Gasteiger partial charge is 0.352 e. The van der Waals surface area contributed by atoms with Crippen molar-refractivity contribution in [2.75, 3.05) is 7.05 Å². The lowest BCUT2D eigenvalue weighted by atomic mass is 10.3. The maximum Gasteiger partial charge on any atom is 0.191 e. The van der Waals surface area contributed by atoms with Gasteiger partial charge in [-0.2, -0.15) is 5.10 Å². The highest BCUT2D eigenvalue weighted by Gasteiger charge is 2.03. The number of benzene rings is 1. The van der Waals surface area contributed by atoms with E-state index in [-0.39, 0.29) is 24.0 Å². The van der Waals surface area contributed by atoms with E-state index < -0.39 is 0 Å². The smallest absolute Gasteiger partial charge is 0.191 e. The van der Waals surface area contributed by atoms with Gasteiger partial charge in [-0.05, 0) is 35.7 Å². The maximum absolute atomic E-state index is 5.91. The third kappa shape index (κ3) is 5.72. The van der Waals surface area contributed by atoms with Gasteiger partial charge in [0.25, 0.3) is 0 Å². The fourth-order valence-corrected chi connectivity index (χ4v) is 2.95. The number of aromatic nitrogens is 2. The number of nitrogens with one attached hydrogen (secondary N) is 2. The van der Waals surface area contributed by atoms with Crippen LogP contribution in [-0.4, -0.2) is 22.8 Å². The van der Waals surface area contributed by atoms with E-state index in [1.54, 1.807) is 18.4 Å². The van der Waals surface area contributed by atoms with Gasteiger partial charge in [0.2, 0.25) is 0 Å². The molecule has 5 nitrogen and oxygen atoms in total. The average Bonchev–Trinajstić information content (AvgIpc) is 3.27. The third-order valence-corrected chi connectivity index (χ3v) is 4.55. The first kappa shape index (κ1) is 19.7. The lowest BCUT2D eigenvalue weighted by Crippen LogP contribution is -2.36. The number of aliphatic imine (C=N–C) groups is 1. The van der Waals surface area contributed by atoms with Crippen LogP contribution in [0.4, 0.5) is 0 Å². The SMILES string of the molecule is CN=C(NCc1cnn(-c2ccc(Cl)cc2)c1)NCc1cccs1.I. The highest BCUT2D eigenvalue weighted by molar-refractivity contribution is 14.0. The monoisotopic (exact) mass is 487 g/mol. The van der Waals surface area contributed by atoms with Gasteiger partial charge in [-0.25, -0.2) is 4.68 Å². The first-order chi connectivity index (χ1) is 11.7. The standard InChI is InChI=1S/C17H18ClN5S.HI/c1-19-17(21-11-16-3-2-8-24-16)20-9-13-10-22-23(12-13)15-6-4-14(18)5-7-15;/h2-8,10,12H,9,11H2,1H3,(H2,19,20,21);1H. The Morgan fingerprint density at radius 3 is 2.64 bits per heavy atom. The minimum absolute atomic E-state index is 0. The van der Waals surface area contributed by atoms with E-state index in [1.807, 2.05) is 47.4 Å². The number of halogens is 2. The third-order valence-electron chi connectivity index (χ3n) is 3.42.